The maximum absolute atomic E-state index is 9.59. The molecule has 0 aliphatic carbocycles. The lowest BCUT2D eigenvalue weighted by Crippen LogP contribution is -2.15. The molecule has 27 heavy (non-hydrogen) atoms. The molecule has 3 rings (SSSR count). The molecule has 0 saturated carbocycles. The smallest absolute Gasteiger partial charge is 0.302 e. The molecule has 0 unspecified atom stereocenters. The second-order valence-electron chi connectivity index (χ2n) is 5.72. The number of carbonyl (C=O) groups is 1. The summed E-state index contributed by atoms with van der Waals surface area (Å²) in [4.78, 5) is 23.4. The minimum atomic E-state index is -0.245. The van der Waals surface area contributed by atoms with Gasteiger partial charge in [0.2, 0.25) is 0 Å². The third-order valence-corrected chi connectivity index (χ3v) is 4.12. The zero-order chi connectivity index (χ0) is 19.6. The standard InChI is InChI=1S/C17H17BrN4.C3H6O2/c1-2-8-20-16-11-21-17(15-5-3-4-9-19-15)13-10-12(18)6-7-14(13)22-16;1-3(4)5-2/h3-7,9-10H,2,8,11H2,1H3,(H,20,22);1-2H3. The minimum absolute atomic E-state index is 0.245. The highest BCUT2D eigenvalue weighted by molar-refractivity contribution is 9.10. The molecule has 0 spiro atoms. The number of ether oxygens (including phenoxy) is 1. The number of anilines is 1. The quantitative estimate of drug-likeness (QED) is 0.743. The van der Waals surface area contributed by atoms with Crippen molar-refractivity contribution in [1.82, 2.24) is 4.98 Å². The van der Waals surface area contributed by atoms with Gasteiger partial charge in [-0.2, -0.15) is 0 Å². The fourth-order valence-corrected chi connectivity index (χ4v) is 2.67. The summed E-state index contributed by atoms with van der Waals surface area (Å²) >= 11 is 3.54. The Morgan fingerprint density at radius 3 is 2.74 bits per heavy atom. The zero-order valence-electron chi connectivity index (χ0n) is 15.7. The number of fused-ring (bicyclic) bond motifs is 1. The van der Waals surface area contributed by atoms with E-state index in [1.807, 2.05) is 30.3 Å². The molecular weight excluding hydrogens is 408 g/mol. The first-order valence-electron chi connectivity index (χ1n) is 8.65. The molecule has 1 aliphatic heterocycles. The van der Waals surface area contributed by atoms with Gasteiger partial charge in [-0.25, -0.2) is 0 Å². The molecule has 0 bridgehead atoms. The summed E-state index contributed by atoms with van der Waals surface area (Å²) in [7, 11) is 1.35. The van der Waals surface area contributed by atoms with Crippen molar-refractivity contribution in [1.29, 1.82) is 0 Å². The van der Waals surface area contributed by atoms with E-state index in [4.69, 9.17) is 4.99 Å². The summed E-state index contributed by atoms with van der Waals surface area (Å²) in [6.07, 6.45) is 2.81. The number of esters is 1. The average Bonchev–Trinajstić information content (AvgIpc) is 2.86. The summed E-state index contributed by atoms with van der Waals surface area (Å²) in [5.74, 6) is 0.654. The Hall–Kier alpha value is -2.54. The number of hydrogen-bond acceptors (Lipinski definition) is 5. The number of amidine groups is 1. The van der Waals surface area contributed by atoms with Crippen LogP contribution in [0.3, 0.4) is 0 Å². The molecule has 0 radical (unpaired) electrons. The normalized spacial score (nSPS) is 14.1. The molecule has 0 saturated heterocycles. The number of aromatic nitrogens is 1. The van der Waals surface area contributed by atoms with Crippen molar-refractivity contribution >= 4 is 39.1 Å². The van der Waals surface area contributed by atoms with Gasteiger partial charge in [0.25, 0.3) is 0 Å². The van der Waals surface area contributed by atoms with E-state index in [0.29, 0.717) is 6.54 Å². The first kappa shape index (κ1) is 20.8. The summed E-state index contributed by atoms with van der Waals surface area (Å²) in [6, 6.07) is 12.0. The number of methoxy groups -OCH3 is 1. The van der Waals surface area contributed by atoms with Gasteiger partial charge in [-0.05, 0) is 36.8 Å². The third kappa shape index (κ3) is 6.29. The van der Waals surface area contributed by atoms with Gasteiger partial charge in [0.15, 0.2) is 0 Å². The first-order valence-corrected chi connectivity index (χ1v) is 9.45. The molecule has 0 amide bonds. The van der Waals surface area contributed by atoms with Gasteiger partial charge in [-0.3, -0.25) is 19.8 Å². The van der Waals surface area contributed by atoms with E-state index in [9.17, 15) is 4.79 Å². The second-order valence-corrected chi connectivity index (χ2v) is 6.63. The fraction of sp³-hybridized carbons (Fsp3) is 0.300. The summed E-state index contributed by atoms with van der Waals surface area (Å²) in [5, 5.41) is 3.41. The van der Waals surface area contributed by atoms with E-state index in [1.165, 1.54) is 14.0 Å². The number of nitrogens with zero attached hydrogens (tertiary/aromatic N) is 3. The fourth-order valence-electron chi connectivity index (χ4n) is 2.31. The van der Waals surface area contributed by atoms with Crippen LogP contribution >= 0.6 is 15.9 Å². The molecular formula is C20H23BrN4O2. The second kappa shape index (κ2) is 10.6. The van der Waals surface area contributed by atoms with Crippen LogP contribution in [0.1, 0.15) is 31.5 Å². The number of rotatable bonds is 3. The number of pyridine rings is 1. The van der Waals surface area contributed by atoms with Crippen LogP contribution in [0.4, 0.5) is 5.69 Å². The van der Waals surface area contributed by atoms with E-state index in [1.54, 1.807) is 6.20 Å². The van der Waals surface area contributed by atoms with E-state index < -0.39 is 0 Å². The Morgan fingerprint density at radius 1 is 1.33 bits per heavy atom. The van der Waals surface area contributed by atoms with E-state index in [-0.39, 0.29) is 5.97 Å². The predicted octanol–water partition coefficient (Wildman–Crippen LogP) is 4.09. The zero-order valence-corrected chi connectivity index (χ0v) is 17.3. The number of nitrogens with one attached hydrogen (secondary N) is 1. The molecule has 2 aromatic rings. The lowest BCUT2D eigenvalue weighted by molar-refractivity contribution is -0.137. The Bertz CT molecular complexity index is 835. The number of hydrogen-bond donors (Lipinski definition) is 1. The Morgan fingerprint density at radius 2 is 2.11 bits per heavy atom. The SMILES string of the molecule is CCCN=C1CN=C(c2ccccn2)c2cc(Br)ccc2N1.COC(C)=O. The largest absolute Gasteiger partial charge is 0.469 e. The third-order valence-electron chi connectivity index (χ3n) is 3.62. The van der Waals surface area contributed by atoms with Crippen molar-refractivity contribution in [2.24, 2.45) is 9.98 Å². The molecule has 1 aromatic heterocycles. The monoisotopic (exact) mass is 430 g/mol. The molecule has 2 heterocycles. The van der Waals surface area contributed by atoms with Gasteiger partial charge in [-0.15, -0.1) is 0 Å². The molecule has 0 fully saturated rings. The maximum atomic E-state index is 9.59. The van der Waals surface area contributed by atoms with E-state index >= 15 is 0 Å². The van der Waals surface area contributed by atoms with Crippen LogP contribution in [0.5, 0.6) is 0 Å². The first-order chi connectivity index (χ1) is 13.0. The Balaban J connectivity index is 0.000000465. The molecule has 6 nitrogen and oxygen atoms in total. The van der Waals surface area contributed by atoms with Crippen molar-refractivity contribution in [2.45, 2.75) is 20.3 Å². The van der Waals surface area contributed by atoms with Crippen molar-refractivity contribution in [3.05, 3.63) is 58.3 Å². The van der Waals surface area contributed by atoms with E-state index in [2.05, 4.69) is 49.0 Å². The molecule has 0 atom stereocenters. The van der Waals surface area contributed by atoms with Crippen LogP contribution in [0.25, 0.3) is 0 Å². The van der Waals surface area contributed by atoms with Crippen LogP contribution < -0.4 is 5.32 Å². The number of aliphatic imine (C=N–C) groups is 2. The van der Waals surface area contributed by atoms with Crippen molar-refractivity contribution in [3.63, 3.8) is 0 Å². The van der Waals surface area contributed by atoms with Gasteiger partial charge in [0, 0.05) is 35.4 Å². The Labute approximate surface area is 167 Å². The molecule has 1 aromatic carbocycles. The Kier molecular flexibility index (Phi) is 8.13. The molecule has 1 aliphatic rings. The van der Waals surface area contributed by atoms with Gasteiger partial charge in [0.1, 0.15) is 5.84 Å². The average molecular weight is 431 g/mol. The van der Waals surface area contributed by atoms with Crippen LogP contribution in [-0.2, 0) is 9.53 Å². The lowest BCUT2D eigenvalue weighted by Gasteiger charge is -2.11. The summed E-state index contributed by atoms with van der Waals surface area (Å²) in [6.45, 7) is 4.83. The van der Waals surface area contributed by atoms with Gasteiger partial charge < -0.3 is 10.1 Å². The van der Waals surface area contributed by atoms with Gasteiger partial charge in [-0.1, -0.05) is 28.9 Å². The topological polar surface area (TPSA) is 75.9 Å². The maximum Gasteiger partial charge on any atom is 0.302 e. The number of benzodiazepines with no additional fused rings is 1. The summed E-state index contributed by atoms with van der Waals surface area (Å²) in [5.41, 5.74) is 3.82. The van der Waals surface area contributed by atoms with Crippen molar-refractivity contribution < 1.29 is 9.53 Å². The summed E-state index contributed by atoms with van der Waals surface area (Å²) < 4.78 is 5.13. The molecule has 7 heteroatoms. The van der Waals surface area contributed by atoms with Crippen molar-refractivity contribution in [3.8, 4) is 0 Å². The number of carbonyl (C=O) groups excluding carboxylic acids is 1. The van der Waals surface area contributed by atoms with E-state index in [0.717, 1.165) is 45.9 Å². The predicted molar refractivity (Wildman–Crippen MR) is 113 cm³/mol. The lowest BCUT2D eigenvalue weighted by atomic mass is 10.0. The van der Waals surface area contributed by atoms with Crippen molar-refractivity contribution in [2.75, 3.05) is 25.5 Å². The van der Waals surface area contributed by atoms with Crippen LogP contribution in [0.15, 0.2) is 57.1 Å². The number of halogens is 1. The molecule has 1 N–H and O–H groups in total. The van der Waals surface area contributed by atoms with Crippen LogP contribution in [0.2, 0.25) is 0 Å². The number of benzene rings is 1. The minimum Gasteiger partial charge on any atom is -0.469 e. The van der Waals surface area contributed by atoms with Gasteiger partial charge >= 0.3 is 5.97 Å². The highest BCUT2D eigenvalue weighted by Gasteiger charge is 2.18. The van der Waals surface area contributed by atoms with Crippen LogP contribution in [0, 0.1) is 0 Å². The highest BCUT2D eigenvalue weighted by atomic mass is 79.9. The van der Waals surface area contributed by atoms with Crippen LogP contribution in [-0.4, -0.2) is 42.7 Å². The molecule has 142 valence electrons. The highest BCUT2D eigenvalue weighted by Crippen LogP contribution is 2.25. The van der Waals surface area contributed by atoms with Gasteiger partial charge in [0.05, 0.1) is 25.1 Å².